The molecule has 4 nitrogen and oxygen atoms in total. The van der Waals surface area contributed by atoms with Gasteiger partial charge in [0.25, 0.3) is 0 Å². The Hall–Kier alpha value is -1.71. The zero-order valence-electron chi connectivity index (χ0n) is 8.90. The minimum Gasteiger partial charge on any atom is -0.300 e. The molecule has 0 atom stereocenters. The molecule has 4 heteroatoms. The van der Waals surface area contributed by atoms with Gasteiger partial charge >= 0.3 is 0 Å². The van der Waals surface area contributed by atoms with Gasteiger partial charge in [0.2, 0.25) is 5.78 Å². The minimum atomic E-state index is 0.145. The van der Waals surface area contributed by atoms with Gasteiger partial charge in [-0.15, -0.1) is 0 Å². The number of carbonyl (C=O) groups is 1. The van der Waals surface area contributed by atoms with Gasteiger partial charge in [0.05, 0.1) is 5.69 Å². The Morgan fingerprint density at radius 2 is 2.27 bits per heavy atom. The maximum Gasteiger partial charge on any atom is 0.233 e. The molecular formula is C11H13N3O. The number of aryl methyl sites for hydroxylation is 1. The largest absolute Gasteiger partial charge is 0.300 e. The van der Waals surface area contributed by atoms with E-state index in [-0.39, 0.29) is 5.78 Å². The summed E-state index contributed by atoms with van der Waals surface area (Å²) in [4.78, 5) is 19.5. The Kier molecular flexibility index (Phi) is 2.49. The molecule has 2 heterocycles. The summed E-state index contributed by atoms with van der Waals surface area (Å²) in [5.41, 5.74) is 1.94. The second-order valence-electron chi connectivity index (χ2n) is 3.63. The van der Waals surface area contributed by atoms with Crippen molar-refractivity contribution >= 4 is 11.6 Å². The van der Waals surface area contributed by atoms with Gasteiger partial charge in [-0.2, -0.15) is 0 Å². The molecule has 0 fully saturated rings. The molecule has 78 valence electrons. The van der Waals surface area contributed by atoms with Crippen LogP contribution in [0.3, 0.4) is 0 Å². The number of hydrogen-bond acceptors (Lipinski definition) is 3. The van der Waals surface area contributed by atoms with Crippen molar-refractivity contribution in [2.24, 2.45) is 0 Å². The van der Waals surface area contributed by atoms with Crippen LogP contribution in [-0.2, 0) is 17.6 Å². The van der Waals surface area contributed by atoms with Crippen LogP contribution in [0.5, 0.6) is 0 Å². The van der Waals surface area contributed by atoms with E-state index in [4.69, 9.17) is 0 Å². The third kappa shape index (κ3) is 2.03. The van der Waals surface area contributed by atoms with Crippen LogP contribution in [0.25, 0.3) is 5.78 Å². The molecule has 2 rings (SSSR count). The monoisotopic (exact) mass is 203 g/mol. The number of hydrogen-bond donors (Lipinski definition) is 0. The number of aromatic nitrogens is 3. The quantitative estimate of drug-likeness (QED) is 0.758. The lowest BCUT2D eigenvalue weighted by molar-refractivity contribution is -0.116. The highest BCUT2D eigenvalue weighted by atomic mass is 16.1. The molecule has 0 unspecified atom stereocenters. The molecule has 0 aliphatic rings. The van der Waals surface area contributed by atoms with Crippen LogP contribution in [-0.4, -0.2) is 20.2 Å². The summed E-state index contributed by atoms with van der Waals surface area (Å²) < 4.78 is 1.87. The molecular weight excluding hydrogens is 190 g/mol. The maximum absolute atomic E-state index is 11.0. The molecule has 0 bridgehead atoms. The summed E-state index contributed by atoms with van der Waals surface area (Å²) in [5.74, 6) is 0.839. The van der Waals surface area contributed by atoms with E-state index in [1.807, 2.05) is 16.8 Å². The third-order valence-electron chi connectivity index (χ3n) is 2.23. The zero-order chi connectivity index (χ0) is 10.8. The van der Waals surface area contributed by atoms with E-state index in [0.717, 1.165) is 17.7 Å². The predicted octanol–water partition coefficient (Wildman–Crippen LogP) is 1.42. The zero-order valence-corrected chi connectivity index (χ0v) is 8.90. The second kappa shape index (κ2) is 3.81. The predicted molar refractivity (Wildman–Crippen MR) is 56.8 cm³/mol. The van der Waals surface area contributed by atoms with Crippen molar-refractivity contribution in [1.82, 2.24) is 14.4 Å². The van der Waals surface area contributed by atoms with E-state index in [0.29, 0.717) is 12.2 Å². The van der Waals surface area contributed by atoms with Gasteiger partial charge in [-0.3, -0.25) is 9.20 Å². The van der Waals surface area contributed by atoms with Gasteiger partial charge in [-0.25, -0.2) is 9.97 Å². The molecule has 0 spiro atoms. The summed E-state index contributed by atoms with van der Waals surface area (Å²) in [7, 11) is 0. The van der Waals surface area contributed by atoms with Crippen LogP contribution in [0, 0.1) is 0 Å². The molecule has 0 aliphatic heterocycles. The van der Waals surface area contributed by atoms with Crippen LogP contribution in [0.15, 0.2) is 18.6 Å². The van der Waals surface area contributed by atoms with Gasteiger partial charge in [-0.05, 0) is 18.9 Å². The molecule has 0 aliphatic carbocycles. The highest BCUT2D eigenvalue weighted by Gasteiger charge is 2.03. The summed E-state index contributed by atoms with van der Waals surface area (Å²) in [5, 5.41) is 0. The number of carbonyl (C=O) groups excluding carboxylic acids is 1. The highest BCUT2D eigenvalue weighted by molar-refractivity contribution is 5.78. The average molecular weight is 203 g/mol. The van der Waals surface area contributed by atoms with E-state index in [9.17, 15) is 4.79 Å². The number of rotatable bonds is 3. The first kappa shape index (κ1) is 9.83. The summed E-state index contributed by atoms with van der Waals surface area (Å²) >= 11 is 0. The number of nitrogens with zero attached hydrogens (tertiary/aromatic N) is 3. The molecule has 15 heavy (non-hydrogen) atoms. The minimum absolute atomic E-state index is 0.145. The van der Waals surface area contributed by atoms with Gasteiger partial charge < -0.3 is 0 Å². The number of fused-ring (bicyclic) bond motifs is 1. The van der Waals surface area contributed by atoms with Crippen LogP contribution in [0.4, 0.5) is 0 Å². The van der Waals surface area contributed by atoms with Crippen molar-refractivity contribution in [1.29, 1.82) is 0 Å². The van der Waals surface area contributed by atoms with Crippen molar-refractivity contribution in [2.45, 2.75) is 26.7 Å². The van der Waals surface area contributed by atoms with E-state index < -0.39 is 0 Å². The average Bonchev–Trinajstić information content (AvgIpc) is 2.58. The Morgan fingerprint density at radius 1 is 1.47 bits per heavy atom. The lowest BCUT2D eigenvalue weighted by Crippen LogP contribution is -1.99. The topological polar surface area (TPSA) is 47.3 Å². The molecule has 0 aromatic carbocycles. The lowest BCUT2D eigenvalue weighted by Gasteiger charge is -1.97. The first-order valence-electron chi connectivity index (χ1n) is 5.01. The normalized spacial score (nSPS) is 10.8. The highest BCUT2D eigenvalue weighted by Crippen LogP contribution is 2.06. The lowest BCUT2D eigenvalue weighted by atomic mass is 10.2. The van der Waals surface area contributed by atoms with Crippen molar-refractivity contribution in [3.05, 3.63) is 29.8 Å². The van der Waals surface area contributed by atoms with Gasteiger partial charge in [0.1, 0.15) is 5.78 Å². The fraction of sp³-hybridized carbons (Fsp3) is 0.364. The summed E-state index contributed by atoms with van der Waals surface area (Å²) in [6.45, 7) is 3.63. The van der Waals surface area contributed by atoms with Crippen molar-refractivity contribution in [3.8, 4) is 0 Å². The SMILES string of the molecule is CCc1cn2cc(CC(C)=O)cnc2n1. The van der Waals surface area contributed by atoms with E-state index in [1.165, 1.54) is 0 Å². The molecule has 2 aromatic heterocycles. The van der Waals surface area contributed by atoms with Crippen LogP contribution >= 0.6 is 0 Å². The fourth-order valence-electron chi connectivity index (χ4n) is 1.53. The third-order valence-corrected chi connectivity index (χ3v) is 2.23. The van der Waals surface area contributed by atoms with E-state index >= 15 is 0 Å². The first-order valence-corrected chi connectivity index (χ1v) is 5.01. The Balaban J connectivity index is 2.41. The van der Waals surface area contributed by atoms with E-state index in [1.54, 1.807) is 13.1 Å². The van der Waals surface area contributed by atoms with Crippen molar-refractivity contribution < 1.29 is 4.79 Å². The Labute approximate surface area is 88.0 Å². The van der Waals surface area contributed by atoms with Gasteiger partial charge in [-0.1, -0.05) is 6.92 Å². The Morgan fingerprint density at radius 3 is 2.93 bits per heavy atom. The number of imidazole rings is 1. The second-order valence-corrected chi connectivity index (χ2v) is 3.63. The molecule has 2 aromatic rings. The first-order chi connectivity index (χ1) is 7.19. The van der Waals surface area contributed by atoms with Gasteiger partial charge in [0, 0.05) is 25.0 Å². The molecule has 0 saturated carbocycles. The molecule has 0 amide bonds. The number of Topliss-reactive ketones (excluding diaryl/α,β-unsaturated/α-hetero) is 1. The number of ketones is 1. The van der Waals surface area contributed by atoms with E-state index in [2.05, 4.69) is 16.9 Å². The van der Waals surface area contributed by atoms with Crippen LogP contribution in [0.2, 0.25) is 0 Å². The molecule has 0 radical (unpaired) electrons. The fourth-order valence-corrected chi connectivity index (χ4v) is 1.53. The van der Waals surface area contributed by atoms with Crippen LogP contribution < -0.4 is 0 Å². The smallest absolute Gasteiger partial charge is 0.233 e. The molecule has 0 saturated heterocycles. The Bertz CT molecular complexity index is 502. The van der Waals surface area contributed by atoms with Crippen molar-refractivity contribution in [2.75, 3.05) is 0 Å². The summed E-state index contributed by atoms with van der Waals surface area (Å²) in [6, 6.07) is 0. The maximum atomic E-state index is 11.0. The van der Waals surface area contributed by atoms with Crippen molar-refractivity contribution in [3.63, 3.8) is 0 Å². The summed E-state index contributed by atoms with van der Waals surface area (Å²) in [6.07, 6.45) is 6.90. The van der Waals surface area contributed by atoms with Crippen LogP contribution in [0.1, 0.15) is 25.1 Å². The molecule has 0 N–H and O–H groups in total. The standard InChI is InChI=1S/C11H13N3O/c1-3-10-7-14-6-9(4-8(2)15)5-12-11(14)13-10/h5-7H,3-4H2,1-2H3. The van der Waals surface area contributed by atoms with Gasteiger partial charge in [0.15, 0.2) is 0 Å².